The second-order valence-corrected chi connectivity index (χ2v) is 3.79. The van der Waals surface area contributed by atoms with E-state index < -0.39 is 0 Å². The third-order valence-electron chi connectivity index (χ3n) is 2.73. The zero-order chi connectivity index (χ0) is 10.6. The molecule has 0 saturated heterocycles. The van der Waals surface area contributed by atoms with Gasteiger partial charge >= 0.3 is 26.2 Å². The molecule has 78 valence electrons. The average molecular weight is 278 g/mol. The van der Waals surface area contributed by atoms with E-state index in [0.29, 0.717) is 0 Å². The van der Waals surface area contributed by atoms with Crippen molar-refractivity contribution in [3.8, 4) is 0 Å². The summed E-state index contributed by atoms with van der Waals surface area (Å²) in [5, 5.41) is 0. The van der Waals surface area contributed by atoms with Crippen LogP contribution in [0.3, 0.4) is 0 Å². The van der Waals surface area contributed by atoms with Crippen LogP contribution in [-0.2, 0) is 26.2 Å². The molecular weight excluding hydrogens is 259 g/mol. The molecule has 0 aromatic heterocycles. The predicted molar refractivity (Wildman–Crippen MR) is 61.6 cm³/mol. The molecule has 0 saturated carbocycles. The molecule has 0 fully saturated rings. The molecule has 0 atom stereocenters. The zero-order valence-corrected chi connectivity index (χ0v) is 12.5. The van der Waals surface area contributed by atoms with Gasteiger partial charge in [-0.2, -0.15) is 12.2 Å². The van der Waals surface area contributed by atoms with E-state index in [9.17, 15) is 0 Å². The second kappa shape index (κ2) is 7.17. The van der Waals surface area contributed by atoms with E-state index in [0.717, 1.165) is 12.8 Å². The van der Waals surface area contributed by atoms with Gasteiger partial charge in [0.25, 0.3) is 0 Å². The van der Waals surface area contributed by atoms with Crippen LogP contribution in [0.15, 0.2) is 34.4 Å². The maximum Gasteiger partial charge on any atom is 2.00 e. The first-order valence-electron chi connectivity index (χ1n) is 5.10. The van der Waals surface area contributed by atoms with Crippen molar-refractivity contribution in [2.45, 2.75) is 40.5 Å². The van der Waals surface area contributed by atoms with Crippen molar-refractivity contribution in [1.29, 1.82) is 0 Å². The minimum Gasteiger partial charge on any atom is -0.270 e. The quantitative estimate of drug-likeness (QED) is 0.583. The maximum absolute atomic E-state index is 3.19. The molecule has 0 unspecified atom stereocenters. The van der Waals surface area contributed by atoms with Gasteiger partial charge in [-0.05, 0) is 0 Å². The minimum absolute atomic E-state index is 0. The molecule has 0 aromatic carbocycles. The van der Waals surface area contributed by atoms with Crippen LogP contribution in [0.25, 0.3) is 0 Å². The molecule has 0 heterocycles. The summed E-state index contributed by atoms with van der Waals surface area (Å²) in [6.07, 6.45) is 12.8. The van der Waals surface area contributed by atoms with E-state index >= 15 is 0 Å². The van der Waals surface area contributed by atoms with Gasteiger partial charge in [0.05, 0.1) is 0 Å². The Morgan fingerprint density at radius 1 is 0.800 bits per heavy atom. The largest absolute Gasteiger partial charge is 2.00 e. The van der Waals surface area contributed by atoms with Gasteiger partial charge in [0.15, 0.2) is 0 Å². The molecule has 2 aliphatic rings. The summed E-state index contributed by atoms with van der Waals surface area (Å²) in [5.74, 6) is 0. The summed E-state index contributed by atoms with van der Waals surface area (Å²) >= 11 is 0. The van der Waals surface area contributed by atoms with Crippen molar-refractivity contribution in [3.05, 3.63) is 46.6 Å². The Kier molecular flexibility index (Phi) is 7.10. The van der Waals surface area contributed by atoms with E-state index in [2.05, 4.69) is 52.0 Å². The minimum atomic E-state index is 0. The van der Waals surface area contributed by atoms with Crippen LogP contribution < -0.4 is 0 Å². The van der Waals surface area contributed by atoms with Gasteiger partial charge in [-0.15, -0.1) is 26.7 Å². The van der Waals surface area contributed by atoms with Gasteiger partial charge in [-0.1, -0.05) is 13.8 Å². The number of allylic oxidation sites excluding steroid dienone is 8. The summed E-state index contributed by atoms with van der Waals surface area (Å²) in [4.78, 5) is 0. The third kappa shape index (κ3) is 4.93. The van der Waals surface area contributed by atoms with E-state index in [-0.39, 0.29) is 26.2 Å². The Hall–Kier alpha value is -0.157. The van der Waals surface area contributed by atoms with Crippen LogP contribution in [0, 0.1) is 12.2 Å². The van der Waals surface area contributed by atoms with Crippen molar-refractivity contribution in [1.82, 2.24) is 0 Å². The standard InChI is InChI=1S/2C7H9.Zr/c2*1-6-4-3-5-7(6)2;/h2*4H,3H2,1-2H3;/q2*-1;+2. The summed E-state index contributed by atoms with van der Waals surface area (Å²) in [7, 11) is 0. The van der Waals surface area contributed by atoms with E-state index in [1.54, 1.807) is 0 Å². The third-order valence-corrected chi connectivity index (χ3v) is 2.73. The molecule has 0 nitrogen and oxygen atoms in total. The Balaban J connectivity index is 0.000000245. The van der Waals surface area contributed by atoms with Crippen molar-refractivity contribution < 1.29 is 26.2 Å². The van der Waals surface area contributed by atoms with Gasteiger partial charge in [0, 0.05) is 0 Å². The molecule has 0 aliphatic heterocycles. The van der Waals surface area contributed by atoms with Crippen molar-refractivity contribution in [3.63, 3.8) is 0 Å². The second-order valence-electron chi connectivity index (χ2n) is 3.79. The van der Waals surface area contributed by atoms with Crippen LogP contribution >= 0.6 is 0 Å². The van der Waals surface area contributed by atoms with Crippen LogP contribution in [-0.4, -0.2) is 0 Å². The summed E-state index contributed by atoms with van der Waals surface area (Å²) in [5.41, 5.74) is 5.42. The van der Waals surface area contributed by atoms with Crippen LogP contribution in [0.2, 0.25) is 0 Å². The normalized spacial score (nSPS) is 17.9. The molecule has 0 aromatic rings. The molecule has 2 rings (SSSR count). The van der Waals surface area contributed by atoms with Crippen molar-refractivity contribution in [2.24, 2.45) is 0 Å². The average Bonchev–Trinajstić information content (AvgIpc) is 2.67. The zero-order valence-electron chi connectivity index (χ0n) is 10.1. The maximum atomic E-state index is 3.19. The molecule has 0 spiro atoms. The SMILES string of the molecule is CC1=[C-]CC=C1C.CC1=[C-]CC=C1C.[Zr+2]. The number of hydrogen-bond acceptors (Lipinski definition) is 0. The molecule has 15 heavy (non-hydrogen) atoms. The van der Waals surface area contributed by atoms with Gasteiger partial charge < -0.3 is 0 Å². The Bertz CT molecular complexity index is 261. The van der Waals surface area contributed by atoms with Crippen molar-refractivity contribution >= 4 is 0 Å². The van der Waals surface area contributed by atoms with Crippen LogP contribution in [0.5, 0.6) is 0 Å². The van der Waals surface area contributed by atoms with Gasteiger partial charge in [-0.25, -0.2) is 22.3 Å². The fourth-order valence-electron chi connectivity index (χ4n) is 1.30. The number of rotatable bonds is 0. The molecule has 0 radical (unpaired) electrons. The van der Waals surface area contributed by atoms with E-state index in [1.807, 2.05) is 0 Å². The summed E-state index contributed by atoms with van der Waals surface area (Å²) < 4.78 is 0. The predicted octanol–water partition coefficient (Wildman–Crippen LogP) is 4.17. The number of hydrogen-bond donors (Lipinski definition) is 0. The summed E-state index contributed by atoms with van der Waals surface area (Å²) in [6.45, 7) is 8.43. The Labute approximate surface area is 113 Å². The molecule has 0 bridgehead atoms. The Morgan fingerprint density at radius 3 is 1.20 bits per heavy atom. The smallest absolute Gasteiger partial charge is 0.270 e. The molecule has 1 heteroatoms. The Morgan fingerprint density at radius 2 is 1.13 bits per heavy atom. The monoisotopic (exact) mass is 276 g/mol. The summed E-state index contributed by atoms with van der Waals surface area (Å²) in [6, 6.07) is 0. The van der Waals surface area contributed by atoms with E-state index in [1.165, 1.54) is 22.3 Å². The van der Waals surface area contributed by atoms with Gasteiger partial charge in [0.2, 0.25) is 0 Å². The van der Waals surface area contributed by atoms with E-state index in [4.69, 9.17) is 0 Å². The topological polar surface area (TPSA) is 0 Å². The van der Waals surface area contributed by atoms with Gasteiger partial charge in [-0.3, -0.25) is 12.2 Å². The van der Waals surface area contributed by atoms with Crippen LogP contribution in [0.4, 0.5) is 0 Å². The first kappa shape index (κ1) is 14.8. The molecule has 0 amide bonds. The fraction of sp³-hybridized carbons (Fsp3) is 0.429. The first-order chi connectivity index (χ1) is 6.61. The van der Waals surface area contributed by atoms with Crippen LogP contribution in [0.1, 0.15) is 40.5 Å². The molecule has 2 aliphatic carbocycles. The van der Waals surface area contributed by atoms with Crippen molar-refractivity contribution in [2.75, 3.05) is 0 Å². The molecule has 0 N–H and O–H groups in total. The molecular formula is C14H18Zr. The first-order valence-corrected chi connectivity index (χ1v) is 5.10. The fourth-order valence-corrected chi connectivity index (χ4v) is 1.30. The van der Waals surface area contributed by atoms with Gasteiger partial charge in [0.1, 0.15) is 0 Å².